The molecule has 1 heterocycles. The SMILES string of the molecule is CC(C)C1CCC2(CC1)CCN(C(I)I)CC2. The molecule has 1 saturated carbocycles. The van der Waals surface area contributed by atoms with Crippen LogP contribution < -0.4 is 0 Å². The molecule has 100 valence electrons. The van der Waals surface area contributed by atoms with Crippen molar-refractivity contribution in [3.05, 3.63) is 0 Å². The van der Waals surface area contributed by atoms with E-state index in [-0.39, 0.29) is 0 Å². The summed E-state index contributed by atoms with van der Waals surface area (Å²) in [5, 5.41) is 0. The molecule has 0 amide bonds. The molecule has 2 aliphatic rings. The molecule has 2 fully saturated rings. The summed E-state index contributed by atoms with van der Waals surface area (Å²) >= 11 is 5.09. The van der Waals surface area contributed by atoms with Crippen LogP contribution in [0.1, 0.15) is 52.4 Å². The van der Waals surface area contributed by atoms with Gasteiger partial charge in [0.15, 0.2) is 0 Å². The minimum absolute atomic E-state index is 0.689. The van der Waals surface area contributed by atoms with Gasteiger partial charge in [0.05, 0.1) is 0 Å². The van der Waals surface area contributed by atoms with Gasteiger partial charge in [-0.2, -0.15) is 0 Å². The van der Waals surface area contributed by atoms with Gasteiger partial charge in [0, 0.05) is 13.1 Å². The molecular formula is C14H25I2N. The Hall–Kier alpha value is 1.42. The first-order valence-electron chi connectivity index (χ1n) is 7.05. The Labute approximate surface area is 134 Å². The number of hydrogen-bond donors (Lipinski definition) is 0. The Morgan fingerprint density at radius 2 is 1.53 bits per heavy atom. The minimum atomic E-state index is 0.689. The van der Waals surface area contributed by atoms with E-state index in [1.54, 1.807) is 0 Å². The Balaban J connectivity index is 1.84. The van der Waals surface area contributed by atoms with Gasteiger partial charge in [-0.25, -0.2) is 0 Å². The number of hydrogen-bond acceptors (Lipinski definition) is 1. The number of nitrogens with zero attached hydrogens (tertiary/aromatic N) is 1. The molecule has 0 bridgehead atoms. The maximum absolute atomic E-state index is 2.64. The van der Waals surface area contributed by atoms with E-state index < -0.39 is 0 Å². The largest absolute Gasteiger partial charge is 0.283 e. The lowest BCUT2D eigenvalue weighted by atomic mass is 9.64. The molecule has 0 atom stereocenters. The van der Waals surface area contributed by atoms with Crippen LogP contribution in [0, 0.1) is 17.3 Å². The summed E-state index contributed by atoms with van der Waals surface area (Å²) in [6, 6.07) is 0. The first-order chi connectivity index (χ1) is 8.02. The summed E-state index contributed by atoms with van der Waals surface area (Å²) in [5.41, 5.74) is 0.740. The fraction of sp³-hybridized carbons (Fsp3) is 1.00. The lowest BCUT2D eigenvalue weighted by Gasteiger charge is -2.47. The number of piperidine rings is 1. The second-order valence-electron chi connectivity index (χ2n) is 6.40. The van der Waals surface area contributed by atoms with E-state index in [4.69, 9.17) is 0 Å². The van der Waals surface area contributed by atoms with Crippen LogP contribution in [0.25, 0.3) is 0 Å². The second-order valence-corrected chi connectivity index (χ2v) is 11.1. The van der Waals surface area contributed by atoms with Crippen LogP contribution >= 0.6 is 45.2 Å². The van der Waals surface area contributed by atoms with Crippen LogP contribution in [-0.4, -0.2) is 20.0 Å². The summed E-state index contributed by atoms with van der Waals surface area (Å²) in [6.07, 6.45) is 8.93. The first-order valence-corrected chi connectivity index (χ1v) is 9.54. The van der Waals surface area contributed by atoms with Gasteiger partial charge >= 0.3 is 0 Å². The van der Waals surface area contributed by atoms with Gasteiger partial charge in [-0.15, -0.1) is 0 Å². The summed E-state index contributed by atoms with van der Waals surface area (Å²) in [6.45, 7) is 7.48. The topological polar surface area (TPSA) is 3.24 Å². The van der Waals surface area contributed by atoms with Crippen molar-refractivity contribution in [3.63, 3.8) is 0 Å². The van der Waals surface area contributed by atoms with Crippen LogP contribution in [0.5, 0.6) is 0 Å². The van der Waals surface area contributed by atoms with Crippen LogP contribution in [0.15, 0.2) is 0 Å². The summed E-state index contributed by atoms with van der Waals surface area (Å²) in [5.74, 6) is 1.92. The second kappa shape index (κ2) is 6.25. The smallest absolute Gasteiger partial charge is 0.114 e. The predicted molar refractivity (Wildman–Crippen MR) is 91.9 cm³/mol. The molecule has 1 aliphatic carbocycles. The van der Waals surface area contributed by atoms with Crippen molar-refractivity contribution < 1.29 is 0 Å². The zero-order chi connectivity index (χ0) is 12.5. The van der Waals surface area contributed by atoms with E-state index in [1.807, 2.05) is 0 Å². The zero-order valence-electron chi connectivity index (χ0n) is 11.1. The van der Waals surface area contributed by atoms with Crippen LogP contribution in [0.3, 0.4) is 0 Å². The van der Waals surface area contributed by atoms with Gasteiger partial charge in [-0.05, 0) is 55.8 Å². The number of rotatable bonds is 2. The molecule has 3 heteroatoms. The average molecular weight is 461 g/mol. The van der Waals surface area contributed by atoms with Gasteiger partial charge < -0.3 is 0 Å². The van der Waals surface area contributed by atoms with Crippen molar-refractivity contribution in [3.8, 4) is 0 Å². The van der Waals surface area contributed by atoms with Crippen molar-refractivity contribution >= 4 is 45.2 Å². The molecule has 0 aromatic carbocycles. The molecule has 17 heavy (non-hydrogen) atoms. The van der Waals surface area contributed by atoms with E-state index in [1.165, 1.54) is 51.6 Å². The highest BCUT2D eigenvalue weighted by Gasteiger charge is 2.39. The highest BCUT2D eigenvalue weighted by molar-refractivity contribution is 14.2. The van der Waals surface area contributed by atoms with Crippen LogP contribution in [0.2, 0.25) is 0 Å². The van der Waals surface area contributed by atoms with Gasteiger partial charge in [0.2, 0.25) is 0 Å². The van der Waals surface area contributed by atoms with Gasteiger partial charge in [0.25, 0.3) is 0 Å². The van der Waals surface area contributed by atoms with Crippen LogP contribution in [0.4, 0.5) is 0 Å². The highest BCUT2D eigenvalue weighted by atomic mass is 127. The third-order valence-corrected chi connectivity index (χ3v) is 6.74. The van der Waals surface area contributed by atoms with Crippen LogP contribution in [-0.2, 0) is 0 Å². The Morgan fingerprint density at radius 3 is 1.94 bits per heavy atom. The van der Waals surface area contributed by atoms with Crippen molar-refractivity contribution in [2.45, 2.75) is 54.4 Å². The summed E-state index contributed by atoms with van der Waals surface area (Å²) < 4.78 is 0.689. The monoisotopic (exact) mass is 461 g/mol. The number of alkyl halides is 2. The molecule has 0 aromatic heterocycles. The zero-order valence-corrected chi connectivity index (χ0v) is 15.4. The van der Waals surface area contributed by atoms with Gasteiger partial charge in [0.1, 0.15) is 2.06 Å². The molecule has 1 spiro atoms. The third kappa shape index (κ3) is 3.71. The Bertz CT molecular complexity index is 207. The van der Waals surface area contributed by atoms with E-state index >= 15 is 0 Å². The van der Waals surface area contributed by atoms with E-state index in [0.717, 1.165) is 17.3 Å². The molecule has 0 N–H and O–H groups in total. The van der Waals surface area contributed by atoms with Crippen molar-refractivity contribution in [2.75, 3.05) is 13.1 Å². The molecule has 0 radical (unpaired) electrons. The number of likely N-dealkylation sites (tertiary alicyclic amines) is 1. The molecule has 1 nitrogen and oxygen atoms in total. The van der Waals surface area contributed by atoms with Gasteiger partial charge in [-0.3, -0.25) is 4.90 Å². The van der Waals surface area contributed by atoms with Crippen molar-refractivity contribution in [2.24, 2.45) is 17.3 Å². The van der Waals surface area contributed by atoms with E-state index in [0.29, 0.717) is 2.06 Å². The quantitative estimate of drug-likeness (QED) is 0.316. The standard InChI is InChI=1S/C14H25I2N/c1-11(2)12-3-5-14(6-4-12)7-9-17(10-8-14)13(15)16/h11-13H,3-10H2,1-2H3. The molecule has 1 aliphatic heterocycles. The molecule has 0 aromatic rings. The summed E-state index contributed by atoms with van der Waals surface area (Å²) in [4.78, 5) is 2.64. The average Bonchev–Trinajstić information content (AvgIpc) is 2.30. The molecular weight excluding hydrogens is 436 g/mol. The van der Waals surface area contributed by atoms with Crippen molar-refractivity contribution in [1.29, 1.82) is 0 Å². The molecule has 0 unspecified atom stereocenters. The fourth-order valence-electron chi connectivity index (χ4n) is 3.61. The van der Waals surface area contributed by atoms with E-state index in [9.17, 15) is 0 Å². The number of halogens is 2. The normalized spacial score (nSPS) is 27.2. The molecule has 1 saturated heterocycles. The maximum Gasteiger partial charge on any atom is 0.114 e. The lowest BCUT2D eigenvalue weighted by molar-refractivity contribution is 0.0507. The molecule has 2 rings (SSSR count). The van der Waals surface area contributed by atoms with E-state index in [2.05, 4.69) is 63.9 Å². The highest BCUT2D eigenvalue weighted by Crippen LogP contribution is 2.48. The Kier molecular flexibility index (Phi) is 5.45. The lowest BCUT2D eigenvalue weighted by Crippen LogP contribution is -2.43. The maximum atomic E-state index is 2.64. The third-order valence-electron chi connectivity index (χ3n) is 5.17. The van der Waals surface area contributed by atoms with Gasteiger partial charge in [-0.1, -0.05) is 59.0 Å². The predicted octanol–water partition coefficient (Wildman–Crippen LogP) is 5.07. The summed E-state index contributed by atoms with van der Waals surface area (Å²) in [7, 11) is 0. The van der Waals surface area contributed by atoms with Crippen molar-refractivity contribution in [1.82, 2.24) is 4.90 Å². The minimum Gasteiger partial charge on any atom is -0.283 e. The Morgan fingerprint density at radius 1 is 1.00 bits per heavy atom. The first kappa shape index (κ1) is 14.8. The fourth-order valence-corrected chi connectivity index (χ4v) is 4.73.